The number of nitrogens with zero attached hydrogens (tertiary/aromatic N) is 1. The van der Waals surface area contributed by atoms with Crippen LogP contribution in [0.15, 0.2) is 0 Å². The summed E-state index contributed by atoms with van der Waals surface area (Å²) in [6.45, 7) is 7.65. The van der Waals surface area contributed by atoms with Crippen LogP contribution in [0.25, 0.3) is 0 Å². The Morgan fingerprint density at radius 1 is 1.57 bits per heavy atom. The molecule has 0 amide bonds. The molecule has 0 aromatic heterocycles. The van der Waals surface area contributed by atoms with Crippen molar-refractivity contribution in [1.29, 1.82) is 0 Å². The van der Waals surface area contributed by atoms with Crippen molar-refractivity contribution in [3.8, 4) is 0 Å². The van der Waals surface area contributed by atoms with Crippen LogP contribution in [0, 0.1) is 5.92 Å². The van der Waals surface area contributed by atoms with Crippen LogP contribution in [0.1, 0.15) is 26.7 Å². The Morgan fingerprint density at radius 3 is 2.86 bits per heavy atom. The molecule has 0 aromatic carbocycles. The molecule has 14 heavy (non-hydrogen) atoms. The largest absolute Gasteiger partial charge is 0.380 e. The number of nitrogens with two attached hydrogens (primary N) is 1. The van der Waals surface area contributed by atoms with E-state index in [9.17, 15) is 0 Å². The van der Waals surface area contributed by atoms with Gasteiger partial charge < -0.3 is 10.5 Å². The minimum Gasteiger partial charge on any atom is -0.380 e. The van der Waals surface area contributed by atoms with Crippen LogP contribution in [0.3, 0.4) is 0 Å². The molecule has 2 N–H and O–H groups in total. The average molecular weight is 200 g/mol. The number of piperidine rings is 1. The fraction of sp³-hybridized carbons (Fsp3) is 1.00. The topological polar surface area (TPSA) is 38.5 Å². The molecule has 1 aliphatic heterocycles. The van der Waals surface area contributed by atoms with Gasteiger partial charge in [-0.05, 0) is 25.3 Å². The summed E-state index contributed by atoms with van der Waals surface area (Å²) >= 11 is 0. The number of methoxy groups -OCH3 is 1. The first kappa shape index (κ1) is 12.0. The van der Waals surface area contributed by atoms with Gasteiger partial charge in [0.2, 0.25) is 0 Å². The van der Waals surface area contributed by atoms with E-state index >= 15 is 0 Å². The molecule has 0 radical (unpaired) electrons. The van der Waals surface area contributed by atoms with Crippen LogP contribution in [0.5, 0.6) is 0 Å². The van der Waals surface area contributed by atoms with Crippen molar-refractivity contribution in [3.05, 3.63) is 0 Å². The van der Waals surface area contributed by atoms with E-state index in [1.54, 1.807) is 0 Å². The first-order valence-electron chi connectivity index (χ1n) is 5.68. The molecule has 0 aliphatic carbocycles. The van der Waals surface area contributed by atoms with Crippen molar-refractivity contribution in [2.75, 3.05) is 26.7 Å². The molecular formula is C11H24N2O. The number of hydrogen-bond donors (Lipinski definition) is 1. The first-order valence-corrected chi connectivity index (χ1v) is 5.68. The van der Waals surface area contributed by atoms with E-state index < -0.39 is 0 Å². The van der Waals surface area contributed by atoms with Crippen LogP contribution >= 0.6 is 0 Å². The van der Waals surface area contributed by atoms with Gasteiger partial charge in [0, 0.05) is 26.2 Å². The predicted octanol–water partition coefficient (Wildman–Crippen LogP) is 1.08. The van der Waals surface area contributed by atoms with E-state index in [2.05, 4.69) is 18.7 Å². The van der Waals surface area contributed by atoms with Crippen molar-refractivity contribution >= 4 is 0 Å². The molecule has 0 saturated carbocycles. The highest BCUT2D eigenvalue weighted by Crippen LogP contribution is 2.19. The van der Waals surface area contributed by atoms with Gasteiger partial charge in [-0.2, -0.15) is 0 Å². The lowest BCUT2D eigenvalue weighted by Crippen LogP contribution is -2.47. The summed E-state index contributed by atoms with van der Waals surface area (Å²) in [5.41, 5.74) is 5.94. The van der Waals surface area contributed by atoms with E-state index in [4.69, 9.17) is 10.5 Å². The highest BCUT2D eigenvalue weighted by Gasteiger charge is 2.26. The molecule has 3 nitrogen and oxygen atoms in total. The maximum atomic E-state index is 5.94. The molecular weight excluding hydrogens is 176 g/mol. The predicted molar refractivity (Wildman–Crippen MR) is 59.3 cm³/mol. The summed E-state index contributed by atoms with van der Waals surface area (Å²) in [5.74, 6) is 0.689. The molecule has 3 unspecified atom stereocenters. The normalized spacial score (nSPS) is 31.7. The molecule has 0 bridgehead atoms. The Labute approximate surface area is 87.6 Å². The number of hydrogen-bond acceptors (Lipinski definition) is 3. The molecule has 1 fully saturated rings. The fourth-order valence-electron chi connectivity index (χ4n) is 2.03. The standard InChI is InChI=1S/C11H24N2O/c1-4-10(12)7-13-6-5-9(2)11(8-13)14-3/h9-11H,4-8,12H2,1-3H3. The molecule has 0 spiro atoms. The van der Waals surface area contributed by atoms with Crippen LogP contribution in [0.4, 0.5) is 0 Å². The quantitative estimate of drug-likeness (QED) is 0.738. The smallest absolute Gasteiger partial charge is 0.0724 e. The molecule has 0 aromatic rings. The highest BCUT2D eigenvalue weighted by molar-refractivity contribution is 4.80. The summed E-state index contributed by atoms with van der Waals surface area (Å²) in [6, 6.07) is 0.320. The van der Waals surface area contributed by atoms with E-state index in [1.165, 1.54) is 13.0 Å². The second-order valence-electron chi connectivity index (χ2n) is 4.47. The summed E-state index contributed by atoms with van der Waals surface area (Å²) < 4.78 is 5.47. The number of rotatable bonds is 4. The molecule has 1 aliphatic rings. The van der Waals surface area contributed by atoms with Crippen molar-refractivity contribution < 1.29 is 4.74 Å². The molecule has 84 valence electrons. The third-order valence-corrected chi connectivity index (χ3v) is 3.29. The monoisotopic (exact) mass is 200 g/mol. The van der Waals surface area contributed by atoms with Crippen molar-refractivity contribution in [1.82, 2.24) is 4.90 Å². The number of likely N-dealkylation sites (tertiary alicyclic amines) is 1. The van der Waals surface area contributed by atoms with Gasteiger partial charge in [-0.25, -0.2) is 0 Å². The molecule has 3 atom stereocenters. The van der Waals surface area contributed by atoms with Crippen LogP contribution in [-0.4, -0.2) is 43.8 Å². The fourth-order valence-corrected chi connectivity index (χ4v) is 2.03. The SMILES string of the molecule is CCC(N)CN1CCC(C)C(OC)C1. The first-order chi connectivity index (χ1) is 6.67. The second kappa shape index (κ2) is 5.69. The van der Waals surface area contributed by atoms with E-state index in [0.717, 1.165) is 19.5 Å². The van der Waals surface area contributed by atoms with Gasteiger partial charge in [-0.3, -0.25) is 4.90 Å². The molecule has 1 saturated heterocycles. The van der Waals surface area contributed by atoms with Crippen molar-refractivity contribution in [2.45, 2.75) is 38.8 Å². The zero-order chi connectivity index (χ0) is 10.6. The number of ether oxygens (including phenoxy) is 1. The highest BCUT2D eigenvalue weighted by atomic mass is 16.5. The van der Waals surface area contributed by atoms with Crippen LogP contribution in [-0.2, 0) is 4.74 Å². The third kappa shape index (κ3) is 3.23. The Balaban J connectivity index is 2.34. The average Bonchev–Trinajstić information content (AvgIpc) is 2.20. The van der Waals surface area contributed by atoms with Gasteiger partial charge >= 0.3 is 0 Å². The third-order valence-electron chi connectivity index (χ3n) is 3.29. The summed E-state index contributed by atoms with van der Waals surface area (Å²) in [4.78, 5) is 2.43. The van der Waals surface area contributed by atoms with Gasteiger partial charge in [0.05, 0.1) is 6.10 Å². The molecule has 1 heterocycles. The molecule has 1 rings (SSSR count). The van der Waals surface area contributed by atoms with Gasteiger partial charge in [0.1, 0.15) is 0 Å². The van der Waals surface area contributed by atoms with E-state index in [1.807, 2.05) is 7.11 Å². The lowest BCUT2D eigenvalue weighted by molar-refractivity contribution is -0.00644. The summed E-state index contributed by atoms with van der Waals surface area (Å²) in [7, 11) is 1.81. The van der Waals surface area contributed by atoms with Gasteiger partial charge in [0.15, 0.2) is 0 Å². The maximum absolute atomic E-state index is 5.94. The van der Waals surface area contributed by atoms with Crippen LogP contribution in [0.2, 0.25) is 0 Å². The Kier molecular flexibility index (Phi) is 4.85. The second-order valence-corrected chi connectivity index (χ2v) is 4.47. The minimum absolute atomic E-state index is 0.320. The zero-order valence-corrected chi connectivity index (χ0v) is 9.70. The van der Waals surface area contributed by atoms with Crippen LogP contribution < -0.4 is 5.73 Å². The summed E-state index contributed by atoms with van der Waals surface area (Å²) in [5, 5.41) is 0. The lowest BCUT2D eigenvalue weighted by Gasteiger charge is -2.37. The van der Waals surface area contributed by atoms with Gasteiger partial charge in [0.25, 0.3) is 0 Å². The lowest BCUT2D eigenvalue weighted by atomic mass is 9.95. The Bertz CT molecular complexity index is 163. The minimum atomic E-state index is 0.320. The van der Waals surface area contributed by atoms with Crippen molar-refractivity contribution in [3.63, 3.8) is 0 Å². The Hall–Kier alpha value is -0.120. The van der Waals surface area contributed by atoms with Crippen molar-refractivity contribution in [2.24, 2.45) is 11.7 Å². The van der Waals surface area contributed by atoms with E-state index in [0.29, 0.717) is 18.1 Å². The van der Waals surface area contributed by atoms with Gasteiger partial charge in [-0.1, -0.05) is 13.8 Å². The zero-order valence-electron chi connectivity index (χ0n) is 9.70. The summed E-state index contributed by atoms with van der Waals surface area (Å²) in [6.07, 6.45) is 2.69. The molecule has 3 heteroatoms. The Morgan fingerprint density at radius 2 is 2.29 bits per heavy atom. The van der Waals surface area contributed by atoms with Gasteiger partial charge in [-0.15, -0.1) is 0 Å². The van der Waals surface area contributed by atoms with E-state index in [-0.39, 0.29) is 0 Å². The maximum Gasteiger partial charge on any atom is 0.0724 e.